The first kappa shape index (κ1) is 22.9. The van der Waals surface area contributed by atoms with Crippen molar-refractivity contribution in [3.05, 3.63) is 66.3 Å². The molecule has 0 saturated heterocycles. The maximum absolute atomic E-state index is 12.6. The monoisotopic (exact) mass is 448 g/mol. The van der Waals surface area contributed by atoms with Crippen molar-refractivity contribution in [2.45, 2.75) is 25.4 Å². The number of carbonyl (C=O) groups is 2. The fraction of sp³-hybridized carbons (Fsp3) is 0.286. The van der Waals surface area contributed by atoms with Crippen molar-refractivity contribution in [1.82, 2.24) is 19.9 Å². The van der Waals surface area contributed by atoms with Gasteiger partial charge in [0, 0.05) is 48.2 Å². The number of pyridine rings is 1. The van der Waals surface area contributed by atoms with E-state index < -0.39 is 12.1 Å². The zero-order valence-corrected chi connectivity index (χ0v) is 16.7. The van der Waals surface area contributed by atoms with Gasteiger partial charge < -0.3 is 14.4 Å². The summed E-state index contributed by atoms with van der Waals surface area (Å²) in [6, 6.07) is 7.54. The van der Waals surface area contributed by atoms with Crippen LogP contribution in [0.3, 0.4) is 0 Å². The van der Waals surface area contributed by atoms with Crippen molar-refractivity contribution in [2.24, 2.45) is 0 Å². The minimum atomic E-state index is -5.08. The summed E-state index contributed by atoms with van der Waals surface area (Å²) in [4.78, 5) is 36.5. The van der Waals surface area contributed by atoms with Gasteiger partial charge >= 0.3 is 12.1 Å². The van der Waals surface area contributed by atoms with Gasteiger partial charge in [0.05, 0.1) is 24.6 Å². The van der Waals surface area contributed by atoms with Crippen LogP contribution in [0.1, 0.15) is 17.0 Å². The summed E-state index contributed by atoms with van der Waals surface area (Å²) in [5.41, 5.74) is 4.77. The molecule has 1 aliphatic rings. The molecule has 0 bridgehead atoms. The summed E-state index contributed by atoms with van der Waals surface area (Å²) in [5, 5.41) is 7.12. The molecule has 0 radical (unpaired) electrons. The molecule has 3 aromatic rings. The normalized spacial score (nSPS) is 13.4. The van der Waals surface area contributed by atoms with Gasteiger partial charge in [0.25, 0.3) is 0 Å². The number of aromatic nitrogens is 3. The molecule has 168 valence electrons. The van der Waals surface area contributed by atoms with Crippen LogP contribution in [0.5, 0.6) is 0 Å². The molecule has 0 saturated carbocycles. The number of rotatable bonds is 3. The summed E-state index contributed by atoms with van der Waals surface area (Å²) in [5.74, 6) is -2.66. The van der Waals surface area contributed by atoms with Crippen LogP contribution < -0.4 is 0 Å². The number of amides is 1. The topological polar surface area (TPSA) is 109 Å². The van der Waals surface area contributed by atoms with Gasteiger partial charge in [-0.05, 0) is 24.6 Å². The van der Waals surface area contributed by atoms with E-state index in [1.54, 1.807) is 25.1 Å². The number of nitrogens with zero attached hydrogens (tertiary/aromatic N) is 4. The lowest BCUT2D eigenvalue weighted by Crippen LogP contribution is -2.34. The largest absolute Gasteiger partial charge is 0.490 e. The SMILES string of the molecule is O=C(Cc1ccccn1)N1CCc2ncnc(-c3ccoc3)c2CC1.O=C(O)C(F)(F)F. The number of alkyl halides is 3. The number of carbonyl (C=O) groups excluding carboxylic acids is 1. The van der Waals surface area contributed by atoms with Gasteiger partial charge in [-0.15, -0.1) is 0 Å². The molecule has 11 heteroatoms. The van der Waals surface area contributed by atoms with E-state index in [4.69, 9.17) is 14.3 Å². The minimum absolute atomic E-state index is 0.101. The van der Waals surface area contributed by atoms with Crippen LogP contribution in [0.15, 0.2) is 53.7 Å². The zero-order valence-electron chi connectivity index (χ0n) is 16.7. The Morgan fingerprint density at radius 1 is 1.09 bits per heavy atom. The molecule has 4 rings (SSSR count). The van der Waals surface area contributed by atoms with E-state index in [2.05, 4.69) is 15.0 Å². The van der Waals surface area contributed by atoms with Gasteiger partial charge in [-0.25, -0.2) is 14.8 Å². The molecule has 8 nitrogen and oxygen atoms in total. The van der Waals surface area contributed by atoms with E-state index in [1.807, 2.05) is 29.2 Å². The second-order valence-corrected chi connectivity index (χ2v) is 6.84. The molecular weight excluding hydrogens is 429 g/mol. The average Bonchev–Trinajstić information content (AvgIpc) is 3.20. The van der Waals surface area contributed by atoms with Crippen LogP contribution in [0.25, 0.3) is 11.3 Å². The molecule has 0 spiro atoms. The second-order valence-electron chi connectivity index (χ2n) is 6.84. The van der Waals surface area contributed by atoms with Crippen LogP contribution in [0.4, 0.5) is 13.2 Å². The van der Waals surface area contributed by atoms with Crippen molar-refractivity contribution in [3.8, 4) is 11.3 Å². The summed E-state index contributed by atoms with van der Waals surface area (Å²) in [6.07, 6.45) is 3.36. The molecule has 0 aliphatic carbocycles. The Kier molecular flexibility index (Phi) is 7.18. The molecule has 0 fully saturated rings. The Hall–Kier alpha value is -3.76. The predicted octanol–water partition coefficient (Wildman–Crippen LogP) is 2.93. The molecule has 1 amide bonds. The molecule has 0 unspecified atom stereocenters. The Bertz CT molecular complexity index is 1060. The molecule has 32 heavy (non-hydrogen) atoms. The summed E-state index contributed by atoms with van der Waals surface area (Å²) in [7, 11) is 0. The lowest BCUT2D eigenvalue weighted by molar-refractivity contribution is -0.192. The minimum Gasteiger partial charge on any atom is -0.475 e. The fourth-order valence-corrected chi connectivity index (χ4v) is 3.19. The number of furan rings is 1. The highest BCUT2D eigenvalue weighted by Gasteiger charge is 2.38. The number of carboxylic acid groups (broad SMARTS) is 1. The summed E-state index contributed by atoms with van der Waals surface area (Å²) < 4.78 is 36.9. The van der Waals surface area contributed by atoms with Crippen LogP contribution in [0, 0.1) is 0 Å². The van der Waals surface area contributed by atoms with Gasteiger partial charge in [0.2, 0.25) is 5.91 Å². The van der Waals surface area contributed by atoms with Gasteiger partial charge in [0.1, 0.15) is 6.33 Å². The third-order valence-corrected chi connectivity index (χ3v) is 4.73. The maximum atomic E-state index is 12.6. The number of hydrogen-bond donors (Lipinski definition) is 1. The Morgan fingerprint density at radius 3 is 2.47 bits per heavy atom. The van der Waals surface area contributed by atoms with E-state index in [9.17, 15) is 18.0 Å². The lowest BCUT2D eigenvalue weighted by Gasteiger charge is -2.20. The van der Waals surface area contributed by atoms with Crippen LogP contribution >= 0.6 is 0 Å². The zero-order chi connectivity index (χ0) is 23.1. The van der Waals surface area contributed by atoms with Gasteiger partial charge in [-0.1, -0.05) is 6.07 Å². The van der Waals surface area contributed by atoms with Crippen molar-refractivity contribution < 1.29 is 32.3 Å². The maximum Gasteiger partial charge on any atom is 0.490 e. The molecule has 1 N–H and O–H groups in total. The first-order valence-electron chi connectivity index (χ1n) is 9.59. The lowest BCUT2D eigenvalue weighted by atomic mass is 10.0. The highest BCUT2D eigenvalue weighted by Crippen LogP contribution is 2.26. The van der Waals surface area contributed by atoms with E-state index in [-0.39, 0.29) is 5.91 Å². The standard InChI is InChI=1S/C19H18N4O2.C2HF3O2/c24-18(11-15-3-1-2-7-20-15)23-8-4-16-17(5-9-23)21-13-22-19(16)14-6-10-25-12-14;3-2(4,5)1(6)7/h1-3,6-7,10,12-13H,4-5,8-9,11H2;(H,6,7). The third-order valence-electron chi connectivity index (χ3n) is 4.73. The predicted molar refractivity (Wildman–Crippen MR) is 105 cm³/mol. The molecule has 0 atom stereocenters. The second kappa shape index (κ2) is 10.0. The van der Waals surface area contributed by atoms with Gasteiger partial charge in [-0.2, -0.15) is 13.2 Å². The Morgan fingerprint density at radius 2 is 1.84 bits per heavy atom. The summed E-state index contributed by atoms with van der Waals surface area (Å²) in [6.45, 7) is 1.33. The Balaban J connectivity index is 0.000000360. The van der Waals surface area contributed by atoms with Gasteiger partial charge in [0.15, 0.2) is 0 Å². The van der Waals surface area contributed by atoms with Gasteiger partial charge in [-0.3, -0.25) is 9.78 Å². The van der Waals surface area contributed by atoms with Crippen LogP contribution in [-0.4, -0.2) is 56.1 Å². The highest BCUT2D eigenvalue weighted by molar-refractivity contribution is 5.78. The molecule has 3 aromatic heterocycles. The fourth-order valence-electron chi connectivity index (χ4n) is 3.19. The smallest absolute Gasteiger partial charge is 0.475 e. The quantitative estimate of drug-likeness (QED) is 0.656. The van der Waals surface area contributed by atoms with Crippen molar-refractivity contribution >= 4 is 11.9 Å². The van der Waals surface area contributed by atoms with E-state index in [1.165, 1.54) is 0 Å². The number of halogens is 3. The number of carboxylic acids is 1. The molecular formula is C21H19F3N4O4. The molecule has 0 aromatic carbocycles. The summed E-state index contributed by atoms with van der Waals surface area (Å²) >= 11 is 0. The first-order valence-corrected chi connectivity index (χ1v) is 9.59. The van der Waals surface area contributed by atoms with Crippen molar-refractivity contribution in [2.75, 3.05) is 13.1 Å². The molecule has 4 heterocycles. The average molecular weight is 448 g/mol. The van der Waals surface area contributed by atoms with Crippen LogP contribution in [0.2, 0.25) is 0 Å². The van der Waals surface area contributed by atoms with Crippen molar-refractivity contribution in [1.29, 1.82) is 0 Å². The third kappa shape index (κ3) is 5.90. The number of fused-ring (bicyclic) bond motifs is 1. The van der Waals surface area contributed by atoms with E-state index in [0.717, 1.165) is 41.1 Å². The van der Waals surface area contributed by atoms with E-state index in [0.29, 0.717) is 19.5 Å². The molecule has 1 aliphatic heterocycles. The van der Waals surface area contributed by atoms with E-state index >= 15 is 0 Å². The highest BCUT2D eigenvalue weighted by atomic mass is 19.4. The number of aliphatic carboxylic acids is 1. The first-order chi connectivity index (χ1) is 15.3. The number of hydrogen-bond acceptors (Lipinski definition) is 6. The van der Waals surface area contributed by atoms with Crippen LogP contribution in [-0.2, 0) is 28.9 Å². The van der Waals surface area contributed by atoms with Crippen molar-refractivity contribution in [3.63, 3.8) is 0 Å². The Labute approximate surface area is 180 Å².